The largest absolute Gasteiger partial charge is 0.506 e. The molecular formula is C13H20N2O3S. The minimum absolute atomic E-state index is 0.00240. The third-order valence-electron chi connectivity index (χ3n) is 3.53. The van der Waals surface area contributed by atoms with E-state index < -0.39 is 10.2 Å². The van der Waals surface area contributed by atoms with Crippen LogP contribution in [-0.2, 0) is 10.2 Å². The molecule has 6 heteroatoms. The second-order valence-corrected chi connectivity index (χ2v) is 6.65. The number of hydrogen-bond donors (Lipinski definition) is 2. The first-order valence-electron chi connectivity index (χ1n) is 6.50. The van der Waals surface area contributed by atoms with Crippen molar-refractivity contribution in [3.63, 3.8) is 0 Å². The maximum atomic E-state index is 12.4. The number of hydrogen-bond acceptors (Lipinski definition) is 3. The van der Waals surface area contributed by atoms with Gasteiger partial charge in [-0.25, -0.2) is 0 Å². The highest BCUT2D eigenvalue weighted by Crippen LogP contribution is 2.29. The number of nitrogens with one attached hydrogen (secondary N) is 1. The molecule has 1 atom stereocenters. The molecule has 0 radical (unpaired) electrons. The fourth-order valence-electron chi connectivity index (χ4n) is 2.40. The number of phenolic OH excluding ortho intramolecular Hbond substituents is 1. The quantitative estimate of drug-likeness (QED) is 0.836. The average molecular weight is 284 g/mol. The van der Waals surface area contributed by atoms with Gasteiger partial charge in [-0.1, -0.05) is 18.6 Å². The molecule has 0 aromatic heterocycles. The Hall–Kier alpha value is -1.27. The zero-order valence-electron chi connectivity index (χ0n) is 11.3. The Morgan fingerprint density at radius 3 is 2.74 bits per heavy atom. The van der Waals surface area contributed by atoms with Gasteiger partial charge in [0.05, 0.1) is 5.69 Å². The van der Waals surface area contributed by atoms with Gasteiger partial charge in [0.2, 0.25) is 0 Å². The number of nitrogens with zero attached hydrogens (tertiary/aromatic N) is 1. The van der Waals surface area contributed by atoms with Crippen molar-refractivity contribution in [2.24, 2.45) is 0 Å². The first kappa shape index (κ1) is 14.1. The van der Waals surface area contributed by atoms with E-state index in [1.807, 2.05) is 6.92 Å². The van der Waals surface area contributed by atoms with E-state index in [9.17, 15) is 13.5 Å². The molecule has 2 rings (SSSR count). The summed E-state index contributed by atoms with van der Waals surface area (Å²) in [5, 5.41) is 9.77. The highest BCUT2D eigenvalue weighted by molar-refractivity contribution is 7.90. The van der Waals surface area contributed by atoms with Crippen molar-refractivity contribution in [2.75, 3.05) is 11.3 Å². The summed E-state index contributed by atoms with van der Waals surface area (Å²) >= 11 is 0. The molecule has 2 N–H and O–H groups in total. The Labute approximate surface area is 114 Å². The number of para-hydroxylation sites is 1. The van der Waals surface area contributed by atoms with E-state index in [4.69, 9.17) is 0 Å². The highest BCUT2D eigenvalue weighted by Gasteiger charge is 2.30. The predicted octanol–water partition coefficient (Wildman–Crippen LogP) is 2.23. The smallest absolute Gasteiger partial charge is 0.302 e. The second kappa shape index (κ2) is 5.38. The summed E-state index contributed by atoms with van der Waals surface area (Å²) < 4.78 is 28.7. The van der Waals surface area contributed by atoms with Crippen LogP contribution in [-0.4, -0.2) is 30.4 Å². The minimum atomic E-state index is -3.61. The fraction of sp³-hybridized carbons (Fsp3) is 0.538. The lowest BCUT2D eigenvalue weighted by Crippen LogP contribution is -2.44. The van der Waals surface area contributed by atoms with E-state index in [0.29, 0.717) is 12.1 Å². The highest BCUT2D eigenvalue weighted by atomic mass is 32.2. The molecule has 1 unspecified atom stereocenters. The molecule has 1 aliphatic rings. The Morgan fingerprint density at radius 2 is 2.11 bits per heavy atom. The summed E-state index contributed by atoms with van der Waals surface area (Å²) in [6.45, 7) is 4.20. The summed E-state index contributed by atoms with van der Waals surface area (Å²) in [5.41, 5.74) is 0.966. The van der Waals surface area contributed by atoms with Crippen LogP contribution in [0.1, 0.15) is 31.7 Å². The first-order valence-corrected chi connectivity index (χ1v) is 7.94. The Balaban J connectivity index is 2.26. The van der Waals surface area contributed by atoms with Gasteiger partial charge < -0.3 is 5.11 Å². The second-order valence-electron chi connectivity index (χ2n) is 5.03. The normalized spacial score (nSPS) is 21.3. The molecule has 0 bridgehead atoms. The zero-order valence-corrected chi connectivity index (χ0v) is 12.1. The molecule has 1 aliphatic heterocycles. The molecule has 19 heavy (non-hydrogen) atoms. The molecule has 0 aliphatic carbocycles. The van der Waals surface area contributed by atoms with Crippen molar-refractivity contribution in [3.05, 3.63) is 23.8 Å². The van der Waals surface area contributed by atoms with Crippen LogP contribution in [0.5, 0.6) is 5.75 Å². The maximum Gasteiger partial charge on any atom is 0.302 e. The molecule has 1 saturated heterocycles. The van der Waals surface area contributed by atoms with Gasteiger partial charge >= 0.3 is 10.2 Å². The molecule has 0 spiro atoms. The van der Waals surface area contributed by atoms with Gasteiger partial charge in [-0.15, -0.1) is 0 Å². The van der Waals surface area contributed by atoms with Gasteiger partial charge in [0.1, 0.15) is 5.75 Å². The standard InChI is InChI=1S/C13H20N2O3S/c1-10-6-5-8-12(16)13(10)14-19(17,18)15-9-4-3-7-11(15)2/h5-6,8,11,14,16H,3-4,7,9H2,1-2H3. The molecule has 0 saturated carbocycles. The van der Waals surface area contributed by atoms with E-state index in [2.05, 4.69) is 4.72 Å². The fourth-order valence-corrected chi connectivity index (χ4v) is 3.99. The molecule has 0 amide bonds. The van der Waals surface area contributed by atoms with Crippen molar-refractivity contribution in [1.82, 2.24) is 4.31 Å². The van der Waals surface area contributed by atoms with Gasteiger partial charge in [0, 0.05) is 12.6 Å². The van der Waals surface area contributed by atoms with Crippen LogP contribution in [0.25, 0.3) is 0 Å². The van der Waals surface area contributed by atoms with Gasteiger partial charge in [0.15, 0.2) is 0 Å². The lowest BCUT2D eigenvalue weighted by atomic mass is 10.1. The van der Waals surface area contributed by atoms with Gasteiger partial charge in [-0.05, 0) is 38.3 Å². The van der Waals surface area contributed by atoms with Crippen LogP contribution in [0.3, 0.4) is 0 Å². The molecular weight excluding hydrogens is 264 g/mol. The zero-order chi connectivity index (χ0) is 14.0. The van der Waals surface area contributed by atoms with Crippen molar-refractivity contribution in [1.29, 1.82) is 0 Å². The molecule has 1 aromatic carbocycles. The SMILES string of the molecule is Cc1cccc(O)c1NS(=O)(=O)N1CCCCC1C. The molecule has 1 heterocycles. The molecule has 1 aromatic rings. The van der Waals surface area contributed by atoms with Crippen LogP contribution in [0, 0.1) is 6.92 Å². The third kappa shape index (κ3) is 3.01. The number of phenols is 1. The average Bonchev–Trinajstić information content (AvgIpc) is 2.34. The number of benzene rings is 1. The van der Waals surface area contributed by atoms with Crippen LogP contribution >= 0.6 is 0 Å². The van der Waals surface area contributed by atoms with Gasteiger partial charge in [-0.3, -0.25) is 4.72 Å². The molecule has 5 nitrogen and oxygen atoms in total. The van der Waals surface area contributed by atoms with Crippen LogP contribution in [0.15, 0.2) is 18.2 Å². The summed E-state index contributed by atoms with van der Waals surface area (Å²) in [5.74, 6) is -0.0479. The summed E-state index contributed by atoms with van der Waals surface area (Å²) in [6.07, 6.45) is 2.81. The van der Waals surface area contributed by atoms with Crippen molar-refractivity contribution in [2.45, 2.75) is 39.2 Å². The lowest BCUT2D eigenvalue weighted by Gasteiger charge is -2.32. The predicted molar refractivity (Wildman–Crippen MR) is 75.4 cm³/mol. The topological polar surface area (TPSA) is 69.6 Å². The summed E-state index contributed by atoms with van der Waals surface area (Å²) in [6, 6.07) is 4.92. The minimum Gasteiger partial charge on any atom is -0.506 e. The first-order chi connectivity index (χ1) is 8.92. The summed E-state index contributed by atoms with van der Waals surface area (Å²) in [7, 11) is -3.61. The van der Waals surface area contributed by atoms with E-state index in [1.165, 1.54) is 10.4 Å². The number of aromatic hydroxyl groups is 1. The third-order valence-corrected chi connectivity index (χ3v) is 5.15. The van der Waals surface area contributed by atoms with Crippen LogP contribution in [0.2, 0.25) is 0 Å². The van der Waals surface area contributed by atoms with Crippen LogP contribution in [0.4, 0.5) is 5.69 Å². The Morgan fingerprint density at radius 1 is 1.37 bits per heavy atom. The molecule has 1 fully saturated rings. The van der Waals surface area contributed by atoms with Gasteiger partial charge in [-0.2, -0.15) is 12.7 Å². The number of aryl methyl sites for hydroxylation is 1. The van der Waals surface area contributed by atoms with E-state index in [-0.39, 0.29) is 17.5 Å². The Kier molecular flexibility index (Phi) is 4.01. The number of piperidine rings is 1. The van der Waals surface area contributed by atoms with Crippen molar-refractivity contribution in [3.8, 4) is 5.75 Å². The monoisotopic (exact) mass is 284 g/mol. The van der Waals surface area contributed by atoms with Crippen molar-refractivity contribution < 1.29 is 13.5 Å². The lowest BCUT2D eigenvalue weighted by molar-refractivity contribution is 0.270. The van der Waals surface area contributed by atoms with Gasteiger partial charge in [0.25, 0.3) is 0 Å². The number of anilines is 1. The van der Waals surface area contributed by atoms with Crippen LogP contribution < -0.4 is 4.72 Å². The summed E-state index contributed by atoms with van der Waals surface area (Å²) in [4.78, 5) is 0. The van der Waals surface area contributed by atoms with E-state index in [0.717, 1.165) is 19.3 Å². The van der Waals surface area contributed by atoms with E-state index >= 15 is 0 Å². The van der Waals surface area contributed by atoms with E-state index in [1.54, 1.807) is 19.1 Å². The Bertz CT molecular complexity index is 537. The number of rotatable bonds is 3. The van der Waals surface area contributed by atoms with Crippen molar-refractivity contribution >= 4 is 15.9 Å². The maximum absolute atomic E-state index is 12.4. The molecule has 106 valence electrons.